The van der Waals surface area contributed by atoms with Crippen LogP contribution in [0.5, 0.6) is 0 Å². The van der Waals surface area contributed by atoms with Gasteiger partial charge in [-0.3, -0.25) is 0 Å². The lowest BCUT2D eigenvalue weighted by atomic mass is 9.93. The van der Waals surface area contributed by atoms with Gasteiger partial charge < -0.3 is 9.13 Å². The van der Waals surface area contributed by atoms with Gasteiger partial charge in [-0.05, 0) is 108 Å². The Hall–Kier alpha value is -6.88. The van der Waals surface area contributed by atoms with Crippen LogP contribution in [-0.2, 0) is 0 Å². The van der Waals surface area contributed by atoms with Crippen molar-refractivity contribution in [2.75, 3.05) is 0 Å². The topological polar surface area (TPSA) is 57.4 Å². The maximum absolute atomic E-state index is 10.00. The number of nitrogens with zero attached hydrogens (tertiary/aromatic N) is 4. The molecule has 0 aliphatic rings. The standard InChI is InChI=1S/C46H30N4/c1-29-11-10-12-30(2)45(29)50-43-18-9-7-16-38(43)41-26-34(25-39(46(41)50)35-22-31(27-47)21-32(23-35)28-48)33-19-20-44-40(24-33)37-15-6-8-17-42(37)49(44)36-13-4-3-5-14-36/h3-26H,1-2H3. The first-order valence-electron chi connectivity index (χ1n) is 16.7. The lowest BCUT2D eigenvalue weighted by Crippen LogP contribution is -2.01. The molecule has 0 N–H and O–H groups in total. The molecule has 4 nitrogen and oxygen atoms in total. The second-order valence-electron chi connectivity index (χ2n) is 13.0. The fourth-order valence-corrected chi connectivity index (χ4v) is 7.79. The number of hydrogen-bond donors (Lipinski definition) is 0. The third kappa shape index (κ3) is 4.44. The van der Waals surface area contributed by atoms with Crippen LogP contribution in [-0.4, -0.2) is 9.13 Å². The van der Waals surface area contributed by atoms with Crippen LogP contribution in [0.1, 0.15) is 22.3 Å². The molecule has 0 unspecified atom stereocenters. The third-order valence-electron chi connectivity index (χ3n) is 9.95. The second-order valence-corrected chi connectivity index (χ2v) is 13.0. The highest BCUT2D eigenvalue weighted by Crippen LogP contribution is 2.43. The predicted molar refractivity (Wildman–Crippen MR) is 205 cm³/mol. The van der Waals surface area contributed by atoms with E-state index < -0.39 is 0 Å². The van der Waals surface area contributed by atoms with Gasteiger partial charge in [0.25, 0.3) is 0 Å². The number of rotatable bonds is 4. The smallest absolute Gasteiger partial charge is 0.0992 e. The molecule has 0 fully saturated rings. The quantitative estimate of drug-likeness (QED) is 0.193. The molecule has 4 heteroatoms. The van der Waals surface area contributed by atoms with Crippen molar-refractivity contribution in [2.24, 2.45) is 0 Å². The molecular weight excluding hydrogens is 609 g/mol. The molecule has 0 radical (unpaired) electrons. The second kappa shape index (κ2) is 11.4. The van der Waals surface area contributed by atoms with Crippen molar-refractivity contribution in [2.45, 2.75) is 13.8 Å². The molecule has 2 heterocycles. The molecule has 9 rings (SSSR count). The van der Waals surface area contributed by atoms with Gasteiger partial charge in [0.05, 0.1) is 51.0 Å². The molecule has 0 atom stereocenters. The molecule has 50 heavy (non-hydrogen) atoms. The minimum Gasteiger partial charge on any atom is -0.309 e. The van der Waals surface area contributed by atoms with Crippen molar-refractivity contribution in [3.63, 3.8) is 0 Å². The van der Waals surface area contributed by atoms with Crippen LogP contribution in [0, 0.1) is 36.5 Å². The van der Waals surface area contributed by atoms with E-state index in [0.29, 0.717) is 11.1 Å². The zero-order chi connectivity index (χ0) is 33.9. The van der Waals surface area contributed by atoms with Crippen LogP contribution in [0.4, 0.5) is 0 Å². The summed E-state index contributed by atoms with van der Waals surface area (Å²) in [5, 5.41) is 24.6. The first kappa shape index (κ1) is 29.3. The van der Waals surface area contributed by atoms with Crippen LogP contribution in [0.25, 0.3) is 77.2 Å². The Labute approximate surface area is 289 Å². The minimum atomic E-state index is 0.461. The fourth-order valence-electron chi connectivity index (χ4n) is 7.79. The summed E-state index contributed by atoms with van der Waals surface area (Å²) in [6.07, 6.45) is 0. The van der Waals surface area contributed by atoms with Gasteiger partial charge >= 0.3 is 0 Å². The van der Waals surface area contributed by atoms with Crippen LogP contribution >= 0.6 is 0 Å². The van der Waals surface area contributed by atoms with Gasteiger partial charge in [-0.15, -0.1) is 0 Å². The van der Waals surface area contributed by atoms with Gasteiger partial charge in [0, 0.05) is 32.8 Å². The van der Waals surface area contributed by atoms with Gasteiger partial charge in [0.1, 0.15) is 0 Å². The van der Waals surface area contributed by atoms with Gasteiger partial charge in [0.15, 0.2) is 0 Å². The zero-order valence-corrected chi connectivity index (χ0v) is 27.6. The normalized spacial score (nSPS) is 11.4. The average Bonchev–Trinajstić information content (AvgIpc) is 3.67. The summed E-state index contributed by atoms with van der Waals surface area (Å²) in [7, 11) is 0. The average molecular weight is 639 g/mol. The van der Waals surface area contributed by atoms with Crippen molar-refractivity contribution in [1.29, 1.82) is 10.5 Å². The largest absolute Gasteiger partial charge is 0.309 e. The van der Waals surface area contributed by atoms with Gasteiger partial charge in [-0.1, -0.05) is 78.9 Å². The maximum Gasteiger partial charge on any atom is 0.0992 e. The molecule has 7 aromatic carbocycles. The number of para-hydroxylation sites is 4. The third-order valence-corrected chi connectivity index (χ3v) is 9.95. The number of nitriles is 2. The molecule has 0 aliphatic heterocycles. The van der Waals surface area contributed by atoms with E-state index in [-0.39, 0.29) is 0 Å². The van der Waals surface area contributed by atoms with Crippen LogP contribution < -0.4 is 0 Å². The summed E-state index contributed by atoms with van der Waals surface area (Å²) in [5.41, 5.74) is 14.0. The highest BCUT2D eigenvalue weighted by Gasteiger charge is 2.21. The van der Waals surface area contributed by atoms with Crippen molar-refractivity contribution >= 4 is 43.6 Å². The summed E-state index contributed by atoms with van der Waals surface area (Å²) in [6.45, 7) is 4.31. The van der Waals surface area contributed by atoms with Crippen molar-refractivity contribution in [1.82, 2.24) is 9.13 Å². The highest BCUT2D eigenvalue weighted by molar-refractivity contribution is 6.16. The van der Waals surface area contributed by atoms with Crippen molar-refractivity contribution in [3.05, 3.63) is 168 Å². The number of aromatic nitrogens is 2. The van der Waals surface area contributed by atoms with E-state index in [4.69, 9.17) is 0 Å². The number of benzene rings is 7. The predicted octanol–water partition coefficient (Wildman–Crippen LogP) is 11.6. The van der Waals surface area contributed by atoms with Gasteiger partial charge in [-0.25, -0.2) is 0 Å². The number of aryl methyl sites for hydroxylation is 2. The Morgan fingerprint density at radius 1 is 0.440 bits per heavy atom. The molecular formula is C46H30N4. The monoisotopic (exact) mass is 638 g/mol. The number of hydrogen-bond acceptors (Lipinski definition) is 2. The Kier molecular flexibility index (Phi) is 6.66. The molecule has 0 saturated heterocycles. The Morgan fingerprint density at radius 2 is 1.02 bits per heavy atom. The lowest BCUT2D eigenvalue weighted by molar-refractivity contribution is 1.12. The van der Waals surface area contributed by atoms with E-state index in [9.17, 15) is 10.5 Å². The first-order valence-corrected chi connectivity index (χ1v) is 16.7. The molecule has 0 saturated carbocycles. The van der Waals surface area contributed by atoms with Gasteiger partial charge in [0.2, 0.25) is 0 Å². The van der Waals surface area contributed by atoms with E-state index >= 15 is 0 Å². The molecule has 234 valence electrons. The number of fused-ring (bicyclic) bond motifs is 6. The molecule has 9 aromatic rings. The highest BCUT2D eigenvalue weighted by atomic mass is 15.0. The zero-order valence-electron chi connectivity index (χ0n) is 27.6. The van der Waals surface area contributed by atoms with E-state index in [2.05, 4.69) is 156 Å². The SMILES string of the molecule is Cc1cccc(C)c1-n1c2ccccc2c2cc(-c3ccc4c(c3)c3ccccc3n4-c3ccccc3)cc(-c3cc(C#N)cc(C#N)c3)c21. The van der Waals surface area contributed by atoms with E-state index in [1.807, 2.05) is 18.2 Å². The van der Waals surface area contributed by atoms with Crippen LogP contribution in [0.3, 0.4) is 0 Å². The van der Waals surface area contributed by atoms with Crippen molar-refractivity contribution < 1.29 is 0 Å². The summed E-state index contributed by atoms with van der Waals surface area (Å²) in [5.74, 6) is 0. The maximum atomic E-state index is 10.00. The Morgan fingerprint density at radius 3 is 1.70 bits per heavy atom. The van der Waals surface area contributed by atoms with E-state index in [1.54, 1.807) is 6.07 Å². The van der Waals surface area contributed by atoms with E-state index in [0.717, 1.165) is 66.5 Å². The molecule has 0 bridgehead atoms. The summed E-state index contributed by atoms with van der Waals surface area (Å²) >= 11 is 0. The van der Waals surface area contributed by atoms with Crippen molar-refractivity contribution in [3.8, 4) is 45.8 Å². The summed E-state index contributed by atoms with van der Waals surface area (Å²) in [4.78, 5) is 0. The van der Waals surface area contributed by atoms with E-state index in [1.165, 1.54) is 21.9 Å². The molecule has 2 aromatic heterocycles. The molecule has 0 amide bonds. The van der Waals surface area contributed by atoms with Crippen LogP contribution in [0.2, 0.25) is 0 Å². The first-order chi connectivity index (χ1) is 24.5. The molecule has 0 spiro atoms. The molecule has 0 aliphatic carbocycles. The van der Waals surface area contributed by atoms with Crippen LogP contribution in [0.15, 0.2) is 146 Å². The minimum absolute atomic E-state index is 0.461. The summed E-state index contributed by atoms with van der Waals surface area (Å²) < 4.78 is 4.70. The Balaban J connectivity index is 1.40. The Bertz CT molecular complexity index is 2860. The summed E-state index contributed by atoms with van der Waals surface area (Å²) in [6, 6.07) is 55.4. The fraction of sp³-hybridized carbons (Fsp3) is 0.0435. The lowest BCUT2D eigenvalue weighted by Gasteiger charge is -2.17. The van der Waals surface area contributed by atoms with Gasteiger partial charge in [-0.2, -0.15) is 10.5 Å².